The molecule has 3 aromatic rings. The molecule has 0 radical (unpaired) electrons. The van der Waals surface area contributed by atoms with Crippen LogP contribution in [0, 0.1) is 6.92 Å². The van der Waals surface area contributed by atoms with Gasteiger partial charge in [-0.3, -0.25) is 14.2 Å². The molecule has 1 aliphatic heterocycles. The van der Waals surface area contributed by atoms with Crippen LogP contribution in [-0.4, -0.2) is 96.4 Å². The lowest BCUT2D eigenvalue weighted by molar-refractivity contribution is -0.136. The quantitative estimate of drug-likeness (QED) is 0.387. The van der Waals surface area contributed by atoms with Crippen molar-refractivity contribution in [2.24, 2.45) is 0 Å². The summed E-state index contributed by atoms with van der Waals surface area (Å²) in [6.07, 6.45) is 7.68. The lowest BCUT2D eigenvalue weighted by Gasteiger charge is -2.42. The zero-order valence-electron chi connectivity index (χ0n) is 22.8. The molecule has 12 heteroatoms. The van der Waals surface area contributed by atoms with Crippen molar-refractivity contribution in [2.75, 3.05) is 59.0 Å². The molecule has 1 aromatic carbocycles. The summed E-state index contributed by atoms with van der Waals surface area (Å²) in [6, 6.07) is 5.43. The minimum atomic E-state index is -0.273. The number of hydrogen-bond donors (Lipinski definition) is 1. The van der Waals surface area contributed by atoms with E-state index in [0.717, 1.165) is 16.9 Å². The van der Waals surface area contributed by atoms with Gasteiger partial charge in [-0.25, -0.2) is 9.97 Å². The van der Waals surface area contributed by atoms with Crippen LogP contribution in [0.25, 0.3) is 5.95 Å². The molecule has 2 amide bonds. The average molecular weight is 538 g/mol. The van der Waals surface area contributed by atoms with Crippen LogP contribution in [0.15, 0.2) is 43.1 Å². The number of carbonyl (C=O) groups excluding carboxylic acids is 2. The topological polar surface area (TPSA) is 124 Å². The number of hydrogen-bond acceptors (Lipinski definition) is 9. The molecule has 1 saturated heterocycles. The highest BCUT2D eigenvalue weighted by molar-refractivity contribution is 5.79. The van der Waals surface area contributed by atoms with Crippen molar-refractivity contribution in [1.82, 2.24) is 29.7 Å². The minimum Gasteiger partial charge on any atom is -0.493 e. The third-order valence-electron chi connectivity index (χ3n) is 6.65. The van der Waals surface area contributed by atoms with Crippen LogP contribution in [0.4, 0.5) is 5.82 Å². The predicted molar refractivity (Wildman–Crippen MR) is 144 cm³/mol. The van der Waals surface area contributed by atoms with E-state index in [-0.39, 0.29) is 30.9 Å². The Labute approximate surface area is 227 Å². The lowest BCUT2D eigenvalue weighted by Crippen LogP contribution is -2.57. The van der Waals surface area contributed by atoms with Gasteiger partial charge in [0.15, 0.2) is 11.5 Å². The number of aryl methyl sites for hydroxylation is 1. The molecule has 1 aliphatic rings. The van der Waals surface area contributed by atoms with Gasteiger partial charge in [0.25, 0.3) is 0 Å². The van der Waals surface area contributed by atoms with Crippen molar-refractivity contribution in [3.8, 4) is 17.4 Å². The van der Waals surface area contributed by atoms with Crippen LogP contribution in [0.2, 0.25) is 0 Å². The molecule has 12 nitrogen and oxygen atoms in total. The molecule has 1 atom stereocenters. The number of rotatable bonds is 11. The molecular formula is C27H35N7O5. The van der Waals surface area contributed by atoms with Crippen molar-refractivity contribution in [3.05, 3.63) is 54.2 Å². The van der Waals surface area contributed by atoms with Crippen LogP contribution in [0.5, 0.6) is 11.5 Å². The van der Waals surface area contributed by atoms with Crippen LogP contribution in [-0.2, 0) is 20.7 Å². The first-order valence-electron chi connectivity index (χ1n) is 12.8. The molecule has 3 heterocycles. The summed E-state index contributed by atoms with van der Waals surface area (Å²) >= 11 is 0. The summed E-state index contributed by atoms with van der Waals surface area (Å²) in [5, 5.41) is 3.02. The SMILES string of the molecule is COCC(=O)N1CCN(c2nc(-n3ccnc3)ncc2C)C(CC(=O)NCCc2ccc(OC)c(OC)c2)C1. The van der Waals surface area contributed by atoms with Crippen LogP contribution < -0.4 is 19.7 Å². The number of nitrogens with one attached hydrogen (secondary N) is 1. The molecular weight excluding hydrogens is 502 g/mol. The van der Waals surface area contributed by atoms with Gasteiger partial charge in [0.1, 0.15) is 18.8 Å². The second kappa shape index (κ2) is 13.1. The Morgan fingerprint density at radius 2 is 1.95 bits per heavy atom. The Hall–Kier alpha value is -4.19. The Morgan fingerprint density at radius 1 is 1.13 bits per heavy atom. The molecule has 4 rings (SSSR count). The number of amides is 2. The Bertz CT molecular complexity index is 1270. The predicted octanol–water partition coefficient (Wildman–Crippen LogP) is 1.40. The summed E-state index contributed by atoms with van der Waals surface area (Å²) in [4.78, 5) is 42.8. The van der Waals surface area contributed by atoms with Crippen molar-refractivity contribution >= 4 is 17.6 Å². The molecule has 1 fully saturated rings. The van der Waals surface area contributed by atoms with Gasteiger partial charge in [0.05, 0.1) is 20.3 Å². The number of anilines is 1. The fourth-order valence-electron chi connectivity index (χ4n) is 4.64. The van der Waals surface area contributed by atoms with E-state index in [2.05, 4.69) is 20.2 Å². The normalized spacial score (nSPS) is 15.2. The highest BCUT2D eigenvalue weighted by Gasteiger charge is 2.33. The molecule has 1 unspecified atom stereocenters. The first kappa shape index (κ1) is 27.8. The van der Waals surface area contributed by atoms with Crippen LogP contribution in [0.1, 0.15) is 17.5 Å². The first-order chi connectivity index (χ1) is 18.9. The number of benzene rings is 1. The average Bonchev–Trinajstić information content (AvgIpc) is 3.48. The Kier molecular flexibility index (Phi) is 9.31. The second-order valence-corrected chi connectivity index (χ2v) is 9.26. The maximum absolute atomic E-state index is 13.1. The monoisotopic (exact) mass is 537 g/mol. The van der Waals surface area contributed by atoms with E-state index in [1.165, 1.54) is 7.11 Å². The van der Waals surface area contributed by atoms with Crippen molar-refractivity contribution < 1.29 is 23.8 Å². The maximum atomic E-state index is 13.1. The Morgan fingerprint density at radius 3 is 2.67 bits per heavy atom. The lowest BCUT2D eigenvalue weighted by atomic mass is 10.1. The summed E-state index contributed by atoms with van der Waals surface area (Å²) < 4.78 is 17.5. The molecule has 0 spiro atoms. The summed E-state index contributed by atoms with van der Waals surface area (Å²) in [5.41, 5.74) is 1.90. The van der Waals surface area contributed by atoms with Crippen molar-refractivity contribution in [3.63, 3.8) is 0 Å². The van der Waals surface area contributed by atoms with E-state index in [9.17, 15) is 9.59 Å². The maximum Gasteiger partial charge on any atom is 0.248 e. The summed E-state index contributed by atoms with van der Waals surface area (Å²) in [7, 11) is 4.69. The molecule has 0 bridgehead atoms. The smallest absolute Gasteiger partial charge is 0.248 e. The van der Waals surface area contributed by atoms with E-state index in [1.54, 1.807) is 48.6 Å². The number of carbonyl (C=O) groups is 2. The number of piperazine rings is 1. The van der Waals surface area contributed by atoms with Gasteiger partial charge >= 0.3 is 0 Å². The number of nitrogens with zero attached hydrogens (tertiary/aromatic N) is 6. The first-order valence-corrected chi connectivity index (χ1v) is 12.8. The highest BCUT2D eigenvalue weighted by Crippen LogP contribution is 2.28. The van der Waals surface area contributed by atoms with E-state index >= 15 is 0 Å². The molecule has 2 aromatic heterocycles. The molecule has 208 valence electrons. The van der Waals surface area contributed by atoms with Gasteiger partial charge in [-0.15, -0.1) is 0 Å². The number of aromatic nitrogens is 4. The largest absolute Gasteiger partial charge is 0.493 e. The van der Waals surface area contributed by atoms with Gasteiger partial charge in [-0.05, 0) is 31.0 Å². The molecule has 0 saturated carbocycles. The van der Waals surface area contributed by atoms with Crippen LogP contribution in [0.3, 0.4) is 0 Å². The molecule has 0 aliphatic carbocycles. The van der Waals surface area contributed by atoms with Crippen LogP contribution >= 0.6 is 0 Å². The standard InChI is InChI=1S/C27H35N7O5/c1-19-15-30-27(33-10-9-28-18-33)31-26(19)34-12-11-32(25(36)17-37-2)16-21(34)14-24(35)29-8-7-20-5-6-22(38-3)23(13-20)39-4/h5-6,9-10,13,15,18,21H,7-8,11-12,14,16-17H2,1-4H3,(H,29,35). The number of imidazole rings is 1. The highest BCUT2D eigenvalue weighted by atomic mass is 16.5. The Balaban J connectivity index is 1.46. The van der Waals surface area contributed by atoms with Crippen molar-refractivity contribution in [2.45, 2.75) is 25.8 Å². The summed E-state index contributed by atoms with van der Waals surface area (Å²) in [5.74, 6) is 2.32. The zero-order chi connectivity index (χ0) is 27.8. The fourth-order valence-corrected chi connectivity index (χ4v) is 4.64. The molecule has 1 N–H and O–H groups in total. The third kappa shape index (κ3) is 6.82. The van der Waals surface area contributed by atoms with E-state index < -0.39 is 0 Å². The van der Waals surface area contributed by atoms with E-state index in [4.69, 9.17) is 19.2 Å². The van der Waals surface area contributed by atoms with Gasteiger partial charge < -0.3 is 29.3 Å². The van der Waals surface area contributed by atoms with Gasteiger partial charge in [-0.1, -0.05) is 6.07 Å². The molecule has 39 heavy (non-hydrogen) atoms. The third-order valence-corrected chi connectivity index (χ3v) is 6.65. The zero-order valence-corrected chi connectivity index (χ0v) is 22.8. The summed E-state index contributed by atoms with van der Waals surface area (Å²) in [6.45, 7) is 3.82. The van der Waals surface area contributed by atoms with Gasteiger partial charge in [0.2, 0.25) is 17.8 Å². The fraction of sp³-hybridized carbons (Fsp3) is 0.444. The van der Waals surface area contributed by atoms with Crippen molar-refractivity contribution in [1.29, 1.82) is 0 Å². The number of methoxy groups -OCH3 is 3. The van der Waals surface area contributed by atoms with Gasteiger partial charge in [-0.2, -0.15) is 4.98 Å². The van der Waals surface area contributed by atoms with E-state index in [1.807, 2.05) is 25.1 Å². The number of ether oxygens (including phenoxy) is 3. The van der Waals surface area contributed by atoms with E-state index in [0.29, 0.717) is 50.0 Å². The minimum absolute atomic E-state index is 0.00154. The van der Waals surface area contributed by atoms with Gasteiger partial charge in [0, 0.05) is 63.9 Å². The second-order valence-electron chi connectivity index (χ2n) is 9.26.